The molecule has 6 heterocycles. The Kier molecular flexibility index (Phi) is 9.16. The van der Waals surface area contributed by atoms with Crippen LogP contribution in [-0.2, 0) is 17.9 Å². The molecule has 49 heavy (non-hydrogen) atoms. The van der Waals surface area contributed by atoms with Crippen LogP contribution in [0.15, 0.2) is 54.9 Å². The molecular weight excluding hydrogens is 667 g/mol. The first-order valence-electron chi connectivity index (χ1n) is 16.0. The van der Waals surface area contributed by atoms with Crippen LogP contribution in [0.3, 0.4) is 0 Å². The van der Waals surface area contributed by atoms with Crippen molar-refractivity contribution in [3.05, 3.63) is 76.3 Å². The summed E-state index contributed by atoms with van der Waals surface area (Å²) in [5.41, 5.74) is 5.00. The molecule has 0 saturated carbocycles. The fourth-order valence-corrected chi connectivity index (χ4v) is 7.17. The number of ether oxygens (including phenoxy) is 2. The molecule has 0 radical (unpaired) electrons. The minimum atomic E-state index is -0.687. The second-order valence-corrected chi connectivity index (χ2v) is 13.5. The Labute approximate surface area is 293 Å². The predicted octanol–water partition coefficient (Wildman–Crippen LogP) is 4.78. The molecule has 2 fully saturated rings. The Bertz CT molecular complexity index is 2040. The van der Waals surface area contributed by atoms with Crippen molar-refractivity contribution < 1.29 is 19.4 Å². The minimum Gasteiger partial charge on any atom is -0.481 e. The summed E-state index contributed by atoms with van der Waals surface area (Å²) in [7, 11) is 3.16. The number of carbonyl (C=O) groups excluding carboxylic acids is 1. The number of likely N-dealkylation sites (tertiary alicyclic amines) is 1. The molecule has 0 bridgehead atoms. The van der Waals surface area contributed by atoms with Crippen molar-refractivity contribution in [2.45, 2.75) is 44.5 Å². The largest absolute Gasteiger partial charge is 0.481 e. The Hall–Kier alpha value is -4.33. The summed E-state index contributed by atoms with van der Waals surface area (Å²) in [5.74, 6) is 1.59. The van der Waals surface area contributed by atoms with Crippen molar-refractivity contribution in [3.8, 4) is 45.4 Å². The smallest absolute Gasteiger partial charge is 0.241 e. The van der Waals surface area contributed by atoms with Crippen LogP contribution in [0.4, 0.5) is 0 Å². The molecule has 254 valence electrons. The zero-order valence-electron chi connectivity index (χ0n) is 27.3. The van der Waals surface area contributed by atoms with E-state index in [1.54, 1.807) is 24.9 Å². The Morgan fingerprint density at radius 2 is 1.82 bits per heavy atom. The molecule has 1 aromatic carbocycles. The summed E-state index contributed by atoms with van der Waals surface area (Å²) >= 11 is 14.2. The van der Waals surface area contributed by atoms with Gasteiger partial charge in [-0.15, -0.1) is 0 Å². The third-order valence-electron chi connectivity index (χ3n) is 8.81. The van der Waals surface area contributed by atoms with E-state index in [0.29, 0.717) is 89.2 Å². The van der Waals surface area contributed by atoms with Crippen LogP contribution in [0.1, 0.15) is 31.2 Å². The Morgan fingerprint density at radius 1 is 1.04 bits per heavy atom. The second-order valence-electron chi connectivity index (χ2n) is 12.7. The molecular formula is C35H36Cl2N8O4. The van der Waals surface area contributed by atoms with Crippen LogP contribution in [-0.4, -0.2) is 86.0 Å². The summed E-state index contributed by atoms with van der Waals surface area (Å²) < 4.78 is 13.0. The Morgan fingerprint density at radius 3 is 2.55 bits per heavy atom. The number of methoxy groups -OCH3 is 2. The maximum Gasteiger partial charge on any atom is 0.241 e. The SMILES string of the molecule is COc1nc(-c2cccc(-c3ccnc(-c4cc5c(OC)nc(CN6CC(C)(O)C6)nn5c4)c3Cl)c2Cl)ccc1CNCC1CCC(=O)N1. The lowest BCUT2D eigenvalue weighted by Crippen LogP contribution is -2.59. The molecule has 1 atom stereocenters. The van der Waals surface area contributed by atoms with Gasteiger partial charge < -0.3 is 25.2 Å². The van der Waals surface area contributed by atoms with Crippen LogP contribution in [0.5, 0.6) is 11.8 Å². The molecule has 0 spiro atoms. The summed E-state index contributed by atoms with van der Waals surface area (Å²) in [6, 6.07) is 13.5. The van der Waals surface area contributed by atoms with E-state index in [-0.39, 0.29) is 11.9 Å². The van der Waals surface area contributed by atoms with E-state index >= 15 is 0 Å². The number of amides is 1. The van der Waals surface area contributed by atoms with Crippen LogP contribution in [0, 0.1) is 0 Å². The van der Waals surface area contributed by atoms with Gasteiger partial charge in [-0.1, -0.05) is 47.5 Å². The van der Waals surface area contributed by atoms with Gasteiger partial charge in [0.15, 0.2) is 5.82 Å². The van der Waals surface area contributed by atoms with E-state index < -0.39 is 5.60 Å². The first-order chi connectivity index (χ1) is 23.6. The molecule has 1 unspecified atom stereocenters. The van der Waals surface area contributed by atoms with Crippen molar-refractivity contribution >= 4 is 34.6 Å². The van der Waals surface area contributed by atoms with Gasteiger partial charge in [0, 0.05) is 78.9 Å². The van der Waals surface area contributed by atoms with Gasteiger partial charge in [0.2, 0.25) is 17.7 Å². The number of benzene rings is 1. The summed E-state index contributed by atoms with van der Waals surface area (Å²) in [4.78, 5) is 27.6. The van der Waals surface area contributed by atoms with Gasteiger partial charge in [-0.3, -0.25) is 14.7 Å². The number of fused-ring (bicyclic) bond motifs is 1. The van der Waals surface area contributed by atoms with Gasteiger partial charge in [-0.25, -0.2) is 9.50 Å². The first kappa shape index (κ1) is 33.2. The predicted molar refractivity (Wildman–Crippen MR) is 187 cm³/mol. The molecule has 3 N–H and O–H groups in total. The van der Waals surface area contributed by atoms with E-state index in [2.05, 4.69) is 25.5 Å². The highest BCUT2D eigenvalue weighted by molar-refractivity contribution is 6.39. The van der Waals surface area contributed by atoms with E-state index in [1.807, 2.05) is 55.6 Å². The van der Waals surface area contributed by atoms with Crippen molar-refractivity contribution in [2.75, 3.05) is 33.9 Å². The number of nitrogens with zero attached hydrogens (tertiary/aromatic N) is 6. The fourth-order valence-electron chi connectivity index (χ4n) is 6.52. The molecule has 1 amide bonds. The third-order valence-corrected chi connectivity index (χ3v) is 9.60. The van der Waals surface area contributed by atoms with E-state index in [9.17, 15) is 9.90 Å². The number of hydrogen-bond donors (Lipinski definition) is 3. The normalized spacial score (nSPS) is 17.3. The number of pyridine rings is 2. The lowest BCUT2D eigenvalue weighted by atomic mass is 9.97. The van der Waals surface area contributed by atoms with Crippen molar-refractivity contribution in [1.29, 1.82) is 0 Å². The van der Waals surface area contributed by atoms with Gasteiger partial charge in [0.05, 0.1) is 47.8 Å². The lowest BCUT2D eigenvalue weighted by molar-refractivity contribution is -0.119. The molecule has 7 rings (SSSR count). The fraction of sp³-hybridized carbons (Fsp3) is 0.343. The van der Waals surface area contributed by atoms with Crippen molar-refractivity contribution in [1.82, 2.24) is 40.1 Å². The van der Waals surface area contributed by atoms with Gasteiger partial charge in [0.1, 0.15) is 5.52 Å². The second kappa shape index (κ2) is 13.5. The molecule has 2 aliphatic heterocycles. The third kappa shape index (κ3) is 6.79. The standard InChI is InChI=1S/C35H36Cl2N8O4/c1-35(47)18-44(19-35)17-28-42-34(49-3)27-13-21(16-45(27)43-28)32-31(37)24(11-12-39-32)23-5-4-6-25(30(23)36)26-9-7-20(33(41-26)48-2)14-38-15-22-8-10-29(46)40-22/h4-7,9,11-13,16,22,38,47H,8,10,14-15,17-19H2,1-3H3,(H,40,46). The zero-order chi connectivity index (χ0) is 34.3. The summed E-state index contributed by atoms with van der Waals surface area (Å²) in [6.45, 7) is 4.62. The number of rotatable bonds is 11. The number of aliphatic hydroxyl groups is 1. The highest BCUT2D eigenvalue weighted by atomic mass is 35.5. The van der Waals surface area contributed by atoms with Crippen molar-refractivity contribution in [3.63, 3.8) is 0 Å². The van der Waals surface area contributed by atoms with Crippen molar-refractivity contribution in [2.24, 2.45) is 0 Å². The number of nitrogens with one attached hydrogen (secondary N) is 2. The van der Waals surface area contributed by atoms with E-state index in [4.69, 9.17) is 42.8 Å². The minimum absolute atomic E-state index is 0.0947. The maximum atomic E-state index is 11.5. The molecule has 4 aromatic heterocycles. The van der Waals surface area contributed by atoms with Crippen LogP contribution >= 0.6 is 23.2 Å². The first-order valence-corrected chi connectivity index (χ1v) is 16.7. The molecule has 2 saturated heterocycles. The molecule has 12 nitrogen and oxygen atoms in total. The van der Waals surface area contributed by atoms with Gasteiger partial charge in [-0.05, 0) is 31.5 Å². The van der Waals surface area contributed by atoms with E-state index in [0.717, 1.165) is 28.7 Å². The zero-order valence-corrected chi connectivity index (χ0v) is 28.8. The number of β-amino-alcohol motifs (C(OH)–C–C–N with tert-alkyl or cyclic N) is 1. The summed E-state index contributed by atoms with van der Waals surface area (Å²) in [5, 5.41) is 22.1. The molecule has 5 aromatic rings. The maximum absolute atomic E-state index is 11.5. The molecule has 14 heteroatoms. The number of carbonyl (C=O) groups is 1. The van der Waals surface area contributed by atoms with Crippen LogP contribution in [0.2, 0.25) is 10.0 Å². The average Bonchev–Trinajstić information content (AvgIpc) is 3.70. The quantitative estimate of drug-likeness (QED) is 0.176. The van der Waals surface area contributed by atoms with Gasteiger partial charge in [0.25, 0.3) is 0 Å². The number of aromatic nitrogens is 5. The van der Waals surface area contributed by atoms with Crippen LogP contribution < -0.4 is 20.1 Å². The highest BCUT2D eigenvalue weighted by Crippen LogP contribution is 2.42. The van der Waals surface area contributed by atoms with E-state index in [1.165, 1.54) is 0 Å². The number of halogens is 2. The topological polar surface area (TPSA) is 139 Å². The molecule has 2 aliphatic rings. The average molecular weight is 704 g/mol. The van der Waals surface area contributed by atoms with Gasteiger partial charge >= 0.3 is 0 Å². The molecule has 0 aliphatic carbocycles. The lowest BCUT2D eigenvalue weighted by Gasteiger charge is -2.43. The van der Waals surface area contributed by atoms with Gasteiger partial charge in [-0.2, -0.15) is 10.1 Å². The number of hydrogen-bond acceptors (Lipinski definition) is 10. The Balaban J connectivity index is 1.15. The monoisotopic (exact) mass is 702 g/mol. The highest BCUT2D eigenvalue weighted by Gasteiger charge is 2.36. The van der Waals surface area contributed by atoms with Crippen LogP contribution in [0.25, 0.3) is 39.2 Å². The summed E-state index contributed by atoms with van der Waals surface area (Å²) in [6.07, 6.45) is 4.95.